The summed E-state index contributed by atoms with van der Waals surface area (Å²) in [5.41, 5.74) is 2.57. The fourth-order valence-corrected chi connectivity index (χ4v) is 1.73. The molecule has 0 spiro atoms. The second-order valence-electron chi connectivity index (χ2n) is 3.48. The van der Waals surface area contributed by atoms with Crippen molar-refractivity contribution in [2.45, 2.75) is 28.2 Å². The highest BCUT2D eigenvalue weighted by Gasteiger charge is 2.05. The van der Waals surface area contributed by atoms with Crippen LogP contribution in [0.25, 0.3) is 16.6 Å². The highest BCUT2D eigenvalue weighted by Crippen LogP contribution is 2.13. The van der Waals surface area contributed by atoms with E-state index < -0.39 is 0 Å². The Morgan fingerprint density at radius 3 is 2.61 bits per heavy atom. The predicted octanol–water partition coefficient (Wildman–Crippen LogP) is 3.53. The summed E-state index contributed by atoms with van der Waals surface area (Å²) in [5, 5.41) is 12.8. The molecular formula is C14H19N3O. The van der Waals surface area contributed by atoms with E-state index >= 15 is 0 Å². The first kappa shape index (κ1) is 14.0. The summed E-state index contributed by atoms with van der Waals surface area (Å²) < 4.78 is 7.09. The smallest absolute Gasteiger partial charge is 0.224 e. The number of aromatic nitrogens is 2. The molecule has 0 unspecified atom stereocenters. The van der Waals surface area contributed by atoms with Gasteiger partial charge in [-0.25, -0.2) is 0 Å². The standard InChI is InChI=1S/C11H9N3O.C2H6.CH4/c1-7-6-10-14(13-7)9-5-3-2-4-8(9)11(12)15-10;1-2;/h2-6,12H,1H3;1-2H3;1H4. The third-order valence-corrected chi connectivity index (χ3v) is 2.38. The van der Waals surface area contributed by atoms with Crippen LogP contribution in [0.2, 0.25) is 0 Å². The molecule has 96 valence electrons. The number of benzene rings is 1. The molecule has 2 aromatic heterocycles. The summed E-state index contributed by atoms with van der Waals surface area (Å²) in [6, 6.07) is 9.43. The maximum Gasteiger partial charge on any atom is 0.224 e. The monoisotopic (exact) mass is 245 g/mol. The molecule has 0 aliphatic rings. The van der Waals surface area contributed by atoms with Gasteiger partial charge in [-0.3, -0.25) is 5.41 Å². The van der Waals surface area contributed by atoms with Crippen LogP contribution in [0.15, 0.2) is 34.7 Å². The zero-order chi connectivity index (χ0) is 12.4. The zero-order valence-electron chi connectivity index (χ0n) is 10.2. The first-order valence-electron chi connectivity index (χ1n) is 5.68. The van der Waals surface area contributed by atoms with Crippen LogP contribution in [0.3, 0.4) is 0 Å². The van der Waals surface area contributed by atoms with Crippen LogP contribution in [0.5, 0.6) is 0 Å². The Labute approximate surface area is 106 Å². The van der Waals surface area contributed by atoms with Gasteiger partial charge in [-0.05, 0) is 19.1 Å². The van der Waals surface area contributed by atoms with E-state index in [9.17, 15) is 0 Å². The number of hydrogen-bond donors (Lipinski definition) is 1. The van der Waals surface area contributed by atoms with Crippen LogP contribution in [-0.4, -0.2) is 9.61 Å². The van der Waals surface area contributed by atoms with E-state index in [1.165, 1.54) is 0 Å². The van der Waals surface area contributed by atoms with Crippen molar-refractivity contribution in [3.63, 3.8) is 0 Å². The normalized spacial score (nSPS) is 9.72. The largest absolute Gasteiger partial charge is 0.420 e. The van der Waals surface area contributed by atoms with Gasteiger partial charge in [0.25, 0.3) is 0 Å². The first-order valence-corrected chi connectivity index (χ1v) is 5.68. The number of hydrogen-bond acceptors (Lipinski definition) is 3. The number of rotatable bonds is 0. The van der Waals surface area contributed by atoms with Gasteiger partial charge in [0.1, 0.15) is 0 Å². The maximum absolute atomic E-state index is 7.75. The molecule has 3 rings (SSSR count). The minimum atomic E-state index is 0. The van der Waals surface area contributed by atoms with Crippen molar-refractivity contribution >= 4 is 16.6 Å². The van der Waals surface area contributed by atoms with E-state index in [0.29, 0.717) is 5.71 Å². The lowest BCUT2D eigenvalue weighted by molar-refractivity contribution is 0.518. The second kappa shape index (κ2) is 5.49. The molecule has 0 bridgehead atoms. The van der Waals surface area contributed by atoms with E-state index in [2.05, 4.69) is 5.10 Å². The summed E-state index contributed by atoms with van der Waals surface area (Å²) in [4.78, 5) is 0. The molecule has 0 radical (unpaired) electrons. The van der Waals surface area contributed by atoms with Crippen molar-refractivity contribution in [3.05, 3.63) is 41.6 Å². The van der Waals surface area contributed by atoms with E-state index in [1.807, 2.05) is 51.1 Å². The molecule has 2 heterocycles. The molecule has 0 atom stereocenters. The topological polar surface area (TPSA) is 54.3 Å². The number of fused-ring (bicyclic) bond motifs is 3. The van der Waals surface area contributed by atoms with E-state index in [4.69, 9.17) is 9.83 Å². The fraction of sp³-hybridized carbons (Fsp3) is 0.286. The summed E-state index contributed by atoms with van der Waals surface area (Å²) in [6.45, 7) is 5.90. The van der Waals surface area contributed by atoms with E-state index in [0.717, 1.165) is 16.6 Å². The van der Waals surface area contributed by atoms with Gasteiger partial charge < -0.3 is 4.42 Å². The predicted molar refractivity (Wildman–Crippen MR) is 73.6 cm³/mol. The summed E-state index contributed by atoms with van der Waals surface area (Å²) >= 11 is 0. The van der Waals surface area contributed by atoms with Gasteiger partial charge in [0, 0.05) is 6.07 Å². The molecule has 0 aliphatic heterocycles. The summed E-state index contributed by atoms with van der Waals surface area (Å²) in [6.07, 6.45) is 0. The Morgan fingerprint density at radius 1 is 1.22 bits per heavy atom. The van der Waals surface area contributed by atoms with Crippen LogP contribution >= 0.6 is 0 Å². The van der Waals surface area contributed by atoms with Crippen molar-refractivity contribution in [1.29, 1.82) is 5.41 Å². The molecular weight excluding hydrogens is 226 g/mol. The second-order valence-corrected chi connectivity index (χ2v) is 3.48. The SMILES string of the molecule is C.CC.Cc1cc2oc(=N)c3ccccc3n2n1. The third-order valence-electron chi connectivity index (χ3n) is 2.38. The molecule has 0 aliphatic carbocycles. The number of para-hydroxylation sites is 1. The quantitative estimate of drug-likeness (QED) is 0.658. The Bertz CT molecular complexity index is 710. The number of aryl methyl sites for hydroxylation is 1. The van der Waals surface area contributed by atoms with Gasteiger partial charge in [0.05, 0.1) is 16.6 Å². The van der Waals surface area contributed by atoms with Crippen molar-refractivity contribution in [1.82, 2.24) is 9.61 Å². The molecule has 4 nitrogen and oxygen atoms in total. The average Bonchev–Trinajstić information content (AvgIpc) is 2.73. The molecule has 1 aromatic carbocycles. The van der Waals surface area contributed by atoms with Gasteiger partial charge in [-0.2, -0.15) is 9.61 Å². The molecule has 18 heavy (non-hydrogen) atoms. The van der Waals surface area contributed by atoms with Crippen molar-refractivity contribution in [2.75, 3.05) is 0 Å². The first-order chi connectivity index (χ1) is 8.25. The van der Waals surface area contributed by atoms with Gasteiger partial charge in [0.2, 0.25) is 11.3 Å². The highest BCUT2D eigenvalue weighted by molar-refractivity contribution is 5.78. The molecule has 1 N–H and O–H groups in total. The fourth-order valence-electron chi connectivity index (χ4n) is 1.73. The molecule has 0 amide bonds. The van der Waals surface area contributed by atoms with Crippen molar-refractivity contribution < 1.29 is 4.42 Å². The number of nitrogens with one attached hydrogen (secondary N) is 1. The van der Waals surface area contributed by atoms with Gasteiger partial charge in [-0.1, -0.05) is 33.4 Å². The van der Waals surface area contributed by atoms with E-state index in [1.54, 1.807) is 4.52 Å². The van der Waals surface area contributed by atoms with Gasteiger partial charge in [0.15, 0.2) is 0 Å². The van der Waals surface area contributed by atoms with Crippen LogP contribution in [0, 0.1) is 12.3 Å². The molecule has 3 aromatic rings. The van der Waals surface area contributed by atoms with Crippen LogP contribution < -0.4 is 5.55 Å². The van der Waals surface area contributed by atoms with Crippen molar-refractivity contribution in [3.8, 4) is 0 Å². The third kappa shape index (κ3) is 2.14. The minimum Gasteiger partial charge on any atom is -0.420 e. The Hall–Kier alpha value is -2.10. The lowest BCUT2D eigenvalue weighted by Gasteiger charge is -1.99. The lowest BCUT2D eigenvalue weighted by Crippen LogP contribution is -2.04. The average molecular weight is 245 g/mol. The molecule has 0 fully saturated rings. The Kier molecular flexibility index (Phi) is 4.26. The summed E-state index contributed by atoms with van der Waals surface area (Å²) in [5.74, 6) is 0. The Balaban J connectivity index is 0.000000516. The van der Waals surface area contributed by atoms with E-state index in [-0.39, 0.29) is 13.0 Å². The molecule has 0 saturated carbocycles. The zero-order valence-corrected chi connectivity index (χ0v) is 10.2. The van der Waals surface area contributed by atoms with Crippen molar-refractivity contribution in [2.24, 2.45) is 0 Å². The molecule has 0 saturated heterocycles. The lowest BCUT2D eigenvalue weighted by atomic mass is 10.2. The highest BCUT2D eigenvalue weighted by atomic mass is 16.3. The summed E-state index contributed by atoms with van der Waals surface area (Å²) in [7, 11) is 0. The maximum atomic E-state index is 7.75. The minimum absolute atomic E-state index is 0. The Morgan fingerprint density at radius 2 is 1.89 bits per heavy atom. The van der Waals surface area contributed by atoms with Gasteiger partial charge in [-0.15, -0.1) is 0 Å². The van der Waals surface area contributed by atoms with Crippen LogP contribution in [-0.2, 0) is 0 Å². The molecule has 4 heteroatoms. The van der Waals surface area contributed by atoms with Crippen LogP contribution in [0.1, 0.15) is 27.0 Å². The van der Waals surface area contributed by atoms with Crippen LogP contribution in [0.4, 0.5) is 0 Å². The van der Waals surface area contributed by atoms with Gasteiger partial charge >= 0.3 is 0 Å². The number of nitrogens with zero attached hydrogens (tertiary/aromatic N) is 2.